The SMILES string of the molecule is CCC(OC1CCCC1)C(=O)NC1(C(=O)O)CCOCC1. The number of hydrogen-bond acceptors (Lipinski definition) is 4. The fourth-order valence-electron chi connectivity index (χ4n) is 3.03. The van der Waals surface area contributed by atoms with Crippen molar-refractivity contribution in [1.82, 2.24) is 5.32 Å². The largest absolute Gasteiger partial charge is 0.480 e. The van der Waals surface area contributed by atoms with E-state index in [9.17, 15) is 14.7 Å². The Morgan fingerprint density at radius 1 is 1.33 bits per heavy atom. The molecule has 0 aromatic heterocycles. The molecule has 21 heavy (non-hydrogen) atoms. The average molecular weight is 299 g/mol. The summed E-state index contributed by atoms with van der Waals surface area (Å²) in [5, 5.41) is 12.2. The van der Waals surface area contributed by atoms with Crippen molar-refractivity contribution >= 4 is 11.9 Å². The van der Waals surface area contributed by atoms with E-state index < -0.39 is 17.6 Å². The highest BCUT2D eigenvalue weighted by Gasteiger charge is 2.43. The Morgan fingerprint density at radius 2 is 1.95 bits per heavy atom. The molecular formula is C15H25NO5. The van der Waals surface area contributed by atoms with E-state index in [0.29, 0.717) is 32.5 Å². The Balaban J connectivity index is 1.97. The molecule has 2 rings (SSSR count). The van der Waals surface area contributed by atoms with Crippen LogP contribution in [0.5, 0.6) is 0 Å². The van der Waals surface area contributed by atoms with Gasteiger partial charge in [0.1, 0.15) is 11.6 Å². The zero-order valence-corrected chi connectivity index (χ0v) is 12.6. The van der Waals surface area contributed by atoms with Crippen molar-refractivity contribution in [3.8, 4) is 0 Å². The maximum atomic E-state index is 12.4. The van der Waals surface area contributed by atoms with E-state index in [1.165, 1.54) is 0 Å². The lowest BCUT2D eigenvalue weighted by Crippen LogP contribution is -2.59. The summed E-state index contributed by atoms with van der Waals surface area (Å²) in [5.74, 6) is -1.30. The molecule has 0 radical (unpaired) electrons. The van der Waals surface area contributed by atoms with E-state index in [-0.39, 0.29) is 12.0 Å². The van der Waals surface area contributed by atoms with Crippen LogP contribution in [-0.2, 0) is 19.1 Å². The number of amides is 1. The first-order chi connectivity index (χ1) is 10.1. The van der Waals surface area contributed by atoms with Crippen LogP contribution in [0.15, 0.2) is 0 Å². The number of nitrogens with one attached hydrogen (secondary N) is 1. The van der Waals surface area contributed by atoms with Gasteiger partial charge in [0.25, 0.3) is 0 Å². The Morgan fingerprint density at radius 3 is 2.48 bits per heavy atom. The molecule has 120 valence electrons. The fourth-order valence-corrected chi connectivity index (χ4v) is 3.03. The maximum absolute atomic E-state index is 12.4. The van der Waals surface area contributed by atoms with Gasteiger partial charge in [0.2, 0.25) is 5.91 Å². The van der Waals surface area contributed by atoms with E-state index in [4.69, 9.17) is 9.47 Å². The lowest BCUT2D eigenvalue weighted by atomic mass is 9.89. The second-order valence-electron chi connectivity index (χ2n) is 5.93. The molecule has 2 aliphatic rings. The number of rotatable bonds is 6. The summed E-state index contributed by atoms with van der Waals surface area (Å²) in [6.45, 7) is 2.59. The summed E-state index contributed by atoms with van der Waals surface area (Å²) < 4.78 is 11.1. The predicted molar refractivity (Wildman–Crippen MR) is 76.0 cm³/mol. The van der Waals surface area contributed by atoms with Crippen LogP contribution >= 0.6 is 0 Å². The molecule has 2 N–H and O–H groups in total. The van der Waals surface area contributed by atoms with Gasteiger partial charge in [-0.2, -0.15) is 0 Å². The van der Waals surface area contributed by atoms with Crippen LogP contribution in [0.25, 0.3) is 0 Å². The third-order valence-corrected chi connectivity index (χ3v) is 4.44. The van der Waals surface area contributed by atoms with Crippen molar-refractivity contribution in [2.45, 2.75) is 69.6 Å². The van der Waals surface area contributed by atoms with Crippen molar-refractivity contribution < 1.29 is 24.2 Å². The monoisotopic (exact) mass is 299 g/mol. The fraction of sp³-hybridized carbons (Fsp3) is 0.867. The van der Waals surface area contributed by atoms with E-state index in [2.05, 4.69) is 5.32 Å². The normalized spacial score (nSPS) is 23.7. The first-order valence-electron chi connectivity index (χ1n) is 7.86. The lowest BCUT2D eigenvalue weighted by molar-refractivity contribution is -0.155. The Labute approximate surface area is 125 Å². The van der Waals surface area contributed by atoms with Gasteiger partial charge in [-0.05, 0) is 19.3 Å². The van der Waals surface area contributed by atoms with Gasteiger partial charge in [-0.25, -0.2) is 4.79 Å². The van der Waals surface area contributed by atoms with Gasteiger partial charge >= 0.3 is 5.97 Å². The van der Waals surface area contributed by atoms with Crippen LogP contribution in [0.2, 0.25) is 0 Å². The molecule has 0 spiro atoms. The number of carboxylic acid groups (broad SMARTS) is 1. The van der Waals surface area contributed by atoms with E-state index in [1.54, 1.807) is 0 Å². The Bertz CT molecular complexity index is 372. The summed E-state index contributed by atoms with van der Waals surface area (Å²) in [7, 11) is 0. The maximum Gasteiger partial charge on any atom is 0.329 e. The topological polar surface area (TPSA) is 84.9 Å². The molecule has 1 amide bonds. The molecule has 1 aliphatic heterocycles. The minimum atomic E-state index is -1.21. The summed E-state index contributed by atoms with van der Waals surface area (Å²) in [6, 6.07) is 0. The van der Waals surface area contributed by atoms with Crippen LogP contribution in [0.4, 0.5) is 0 Å². The van der Waals surface area contributed by atoms with Crippen LogP contribution in [0.1, 0.15) is 51.9 Å². The molecule has 1 saturated heterocycles. The highest BCUT2D eigenvalue weighted by Crippen LogP contribution is 2.25. The zero-order chi connectivity index (χ0) is 15.3. The molecular weight excluding hydrogens is 274 g/mol. The molecule has 0 bridgehead atoms. The highest BCUT2D eigenvalue weighted by molar-refractivity contribution is 5.89. The van der Waals surface area contributed by atoms with Crippen molar-refractivity contribution in [2.75, 3.05) is 13.2 Å². The highest BCUT2D eigenvalue weighted by atomic mass is 16.5. The van der Waals surface area contributed by atoms with Gasteiger partial charge in [-0.3, -0.25) is 4.79 Å². The van der Waals surface area contributed by atoms with Gasteiger partial charge in [0, 0.05) is 26.1 Å². The summed E-state index contributed by atoms with van der Waals surface area (Å²) in [6.07, 6.45) is 4.97. The molecule has 1 unspecified atom stereocenters. The van der Waals surface area contributed by atoms with Gasteiger partial charge in [0.05, 0.1) is 6.10 Å². The van der Waals surface area contributed by atoms with Gasteiger partial charge in [-0.15, -0.1) is 0 Å². The quantitative estimate of drug-likeness (QED) is 0.776. The van der Waals surface area contributed by atoms with Crippen molar-refractivity contribution in [2.24, 2.45) is 0 Å². The first-order valence-corrected chi connectivity index (χ1v) is 7.86. The molecule has 1 atom stereocenters. The Hall–Kier alpha value is -1.14. The standard InChI is InChI=1S/C15H25NO5/c1-2-12(21-11-5-3-4-6-11)13(17)16-15(14(18)19)7-9-20-10-8-15/h11-12H,2-10H2,1H3,(H,16,17)(H,18,19). The summed E-state index contributed by atoms with van der Waals surface area (Å²) >= 11 is 0. The molecule has 6 nitrogen and oxygen atoms in total. The molecule has 1 saturated carbocycles. The third kappa shape index (κ3) is 3.95. The van der Waals surface area contributed by atoms with Gasteiger partial charge in [-0.1, -0.05) is 19.8 Å². The number of carbonyl (C=O) groups is 2. The van der Waals surface area contributed by atoms with Crippen molar-refractivity contribution in [3.05, 3.63) is 0 Å². The van der Waals surface area contributed by atoms with E-state index in [0.717, 1.165) is 25.7 Å². The molecule has 0 aromatic rings. The van der Waals surface area contributed by atoms with Crippen molar-refractivity contribution in [1.29, 1.82) is 0 Å². The molecule has 1 aliphatic carbocycles. The molecule has 6 heteroatoms. The molecule has 1 heterocycles. The zero-order valence-electron chi connectivity index (χ0n) is 12.6. The minimum Gasteiger partial charge on any atom is -0.480 e. The van der Waals surface area contributed by atoms with Crippen LogP contribution in [-0.4, -0.2) is 47.9 Å². The van der Waals surface area contributed by atoms with E-state index >= 15 is 0 Å². The minimum absolute atomic E-state index is 0.135. The summed E-state index contributed by atoms with van der Waals surface area (Å²) in [4.78, 5) is 24.0. The van der Waals surface area contributed by atoms with Crippen molar-refractivity contribution in [3.63, 3.8) is 0 Å². The second-order valence-corrected chi connectivity index (χ2v) is 5.93. The van der Waals surface area contributed by atoms with Crippen LogP contribution < -0.4 is 5.32 Å². The lowest BCUT2D eigenvalue weighted by Gasteiger charge is -2.35. The van der Waals surface area contributed by atoms with Gasteiger partial charge in [0.15, 0.2) is 0 Å². The number of carboxylic acids is 1. The van der Waals surface area contributed by atoms with Crippen LogP contribution in [0.3, 0.4) is 0 Å². The summed E-state index contributed by atoms with van der Waals surface area (Å²) in [5.41, 5.74) is -1.21. The third-order valence-electron chi connectivity index (χ3n) is 4.44. The second kappa shape index (κ2) is 7.22. The number of carbonyl (C=O) groups excluding carboxylic acids is 1. The molecule has 0 aromatic carbocycles. The molecule has 2 fully saturated rings. The van der Waals surface area contributed by atoms with Gasteiger partial charge < -0.3 is 19.9 Å². The first kappa shape index (κ1) is 16.2. The average Bonchev–Trinajstić information content (AvgIpc) is 2.98. The smallest absolute Gasteiger partial charge is 0.329 e. The van der Waals surface area contributed by atoms with Crippen LogP contribution in [0, 0.1) is 0 Å². The van der Waals surface area contributed by atoms with E-state index in [1.807, 2.05) is 6.92 Å². The number of hydrogen-bond donors (Lipinski definition) is 2. The predicted octanol–water partition coefficient (Wildman–Crippen LogP) is 1.47. The number of aliphatic carboxylic acids is 1. The Kier molecular flexibility index (Phi) is 5.58. The number of ether oxygens (including phenoxy) is 2.